The van der Waals surface area contributed by atoms with Gasteiger partial charge in [-0.1, -0.05) is 23.1 Å². The quantitative estimate of drug-likeness (QED) is 0.711. The highest BCUT2D eigenvalue weighted by atomic mass is 32.2. The molecule has 0 saturated heterocycles. The Labute approximate surface area is 134 Å². The van der Waals surface area contributed by atoms with Gasteiger partial charge in [-0.15, -0.1) is 20.4 Å². The maximum Gasteiger partial charge on any atom is 0.236 e. The number of aryl methyl sites for hydroxylation is 1. The fourth-order valence-corrected chi connectivity index (χ4v) is 3.01. The molecule has 8 nitrogen and oxygen atoms in total. The first kappa shape index (κ1) is 14.7. The minimum Gasteiger partial charge on any atom is -0.461 e. The summed E-state index contributed by atoms with van der Waals surface area (Å²) in [5.74, 6) is 1.30. The van der Waals surface area contributed by atoms with E-state index in [0.29, 0.717) is 21.9 Å². The van der Waals surface area contributed by atoms with Crippen LogP contribution in [0.25, 0.3) is 11.6 Å². The molecule has 0 aromatic carbocycles. The molecule has 3 heterocycles. The van der Waals surface area contributed by atoms with Gasteiger partial charge in [0.2, 0.25) is 11.0 Å². The minimum atomic E-state index is -0.163. The molecule has 0 atom stereocenters. The van der Waals surface area contributed by atoms with Crippen molar-refractivity contribution in [1.29, 1.82) is 0 Å². The molecule has 0 saturated carbocycles. The maximum atomic E-state index is 11.9. The zero-order valence-electron chi connectivity index (χ0n) is 11.8. The van der Waals surface area contributed by atoms with Crippen LogP contribution in [0.1, 0.15) is 5.01 Å². The van der Waals surface area contributed by atoms with Crippen LogP contribution in [0.3, 0.4) is 0 Å². The first-order chi connectivity index (χ1) is 10.6. The highest BCUT2D eigenvalue weighted by Gasteiger charge is 2.15. The van der Waals surface area contributed by atoms with Crippen molar-refractivity contribution in [3.05, 3.63) is 23.4 Å². The molecule has 0 radical (unpaired) electrons. The van der Waals surface area contributed by atoms with Crippen molar-refractivity contribution >= 4 is 34.1 Å². The molecule has 22 heavy (non-hydrogen) atoms. The molecule has 0 spiro atoms. The van der Waals surface area contributed by atoms with Gasteiger partial charge in [-0.05, 0) is 19.1 Å². The van der Waals surface area contributed by atoms with Crippen LogP contribution in [0.4, 0.5) is 5.13 Å². The van der Waals surface area contributed by atoms with Gasteiger partial charge in [-0.2, -0.15) is 0 Å². The molecule has 0 aliphatic rings. The fraction of sp³-hybridized carbons (Fsp3) is 0.250. The van der Waals surface area contributed by atoms with Crippen molar-refractivity contribution in [3.8, 4) is 11.6 Å². The summed E-state index contributed by atoms with van der Waals surface area (Å²) in [6.45, 7) is 1.83. The van der Waals surface area contributed by atoms with E-state index in [2.05, 4.69) is 25.7 Å². The molecule has 0 aliphatic heterocycles. The summed E-state index contributed by atoms with van der Waals surface area (Å²) >= 11 is 2.63. The Morgan fingerprint density at radius 1 is 1.41 bits per heavy atom. The molecular formula is C12H12N6O2S2. The molecule has 0 bridgehead atoms. The molecule has 10 heteroatoms. The number of anilines is 1. The van der Waals surface area contributed by atoms with E-state index in [-0.39, 0.29) is 11.7 Å². The zero-order valence-corrected chi connectivity index (χ0v) is 13.4. The van der Waals surface area contributed by atoms with Gasteiger partial charge in [-0.3, -0.25) is 10.1 Å². The number of nitrogens with one attached hydrogen (secondary N) is 1. The average molecular weight is 336 g/mol. The summed E-state index contributed by atoms with van der Waals surface area (Å²) in [6, 6.07) is 3.59. The van der Waals surface area contributed by atoms with Gasteiger partial charge < -0.3 is 8.98 Å². The molecule has 0 unspecified atom stereocenters. The van der Waals surface area contributed by atoms with E-state index in [9.17, 15) is 4.79 Å². The van der Waals surface area contributed by atoms with Crippen molar-refractivity contribution in [1.82, 2.24) is 25.0 Å². The zero-order chi connectivity index (χ0) is 15.5. The summed E-state index contributed by atoms with van der Waals surface area (Å²) < 4.78 is 7.08. The number of carbonyl (C=O) groups excluding carboxylic acids is 1. The number of amides is 1. The Morgan fingerprint density at radius 2 is 2.27 bits per heavy atom. The second kappa shape index (κ2) is 6.28. The summed E-state index contributed by atoms with van der Waals surface area (Å²) in [4.78, 5) is 11.9. The van der Waals surface area contributed by atoms with E-state index in [0.717, 1.165) is 5.01 Å². The molecule has 3 rings (SSSR count). The van der Waals surface area contributed by atoms with Crippen LogP contribution in [0.15, 0.2) is 28.0 Å². The van der Waals surface area contributed by atoms with Crippen LogP contribution in [0.5, 0.6) is 0 Å². The first-order valence-corrected chi connectivity index (χ1v) is 8.09. The molecule has 1 N–H and O–H groups in total. The van der Waals surface area contributed by atoms with E-state index in [1.807, 2.05) is 20.0 Å². The third-order valence-corrected chi connectivity index (χ3v) is 4.46. The van der Waals surface area contributed by atoms with Crippen LogP contribution in [0, 0.1) is 6.92 Å². The number of hydrogen-bond donors (Lipinski definition) is 1. The van der Waals surface area contributed by atoms with Crippen molar-refractivity contribution in [3.63, 3.8) is 0 Å². The topological polar surface area (TPSA) is 98.7 Å². The summed E-state index contributed by atoms with van der Waals surface area (Å²) in [7, 11) is 1.83. The predicted octanol–water partition coefficient (Wildman–Crippen LogP) is 1.97. The number of hydrogen-bond acceptors (Lipinski definition) is 8. The number of aromatic nitrogens is 5. The largest absolute Gasteiger partial charge is 0.461 e. The lowest BCUT2D eigenvalue weighted by molar-refractivity contribution is -0.113. The number of thioether (sulfide) groups is 1. The van der Waals surface area contributed by atoms with Crippen LogP contribution in [0.2, 0.25) is 0 Å². The lowest BCUT2D eigenvalue weighted by Crippen LogP contribution is -2.14. The third-order valence-electron chi connectivity index (χ3n) is 2.68. The SMILES string of the molecule is Cc1nnc(NC(=O)CSc2nnc(-c3ccco3)n2C)s1. The van der Waals surface area contributed by atoms with Gasteiger partial charge >= 0.3 is 0 Å². The van der Waals surface area contributed by atoms with Gasteiger partial charge in [0.05, 0.1) is 12.0 Å². The predicted molar refractivity (Wildman–Crippen MR) is 82.7 cm³/mol. The normalized spacial score (nSPS) is 10.8. The van der Waals surface area contributed by atoms with E-state index in [1.165, 1.54) is 23.1 Å². The van der Waals surface area contributed by atoms with Gasteiger partial charge in [0.1, 0.15) is 5.01 Å². The van der Waals surface area contributed by atoms with Crippen LogP contribution in [-0.4, -0.2) is 36.6 Å². The molecular weight excluding hydrogens is 324 g/mol. The Bertz CT molecular complexity index is 780. The minimum absolute atomic E-state index is 0.163. The van der Waals surface area contributed by atoms with Crippen molar-refractivity contribution in [2.45, 2.75) is 12.1 Å². The van der Waals surface area contributed by atoms with Gasteiger partial charge in [0.25, 0.3) is 0 Å². The Morgan fingerprint density at radius 3 is 2.95 bits per heavy atom. The molecule has 3 aromatic rings. The highest BCUT2D eigenvalue weighted by molar-refractivity contribution is 7.99. The van der Waals surface area contributed by atoms with Gasteiger partial charge in [-0.25, -0.2) is 0 Å². The lowest BCUT2D eigenvalue weighted by atomic mass is 10.4. The van der Waals surface area contributed by atoms with E-state index >= 15 is 0 Å². The Balaban J connectivity index is 1.61. The van der Waals surface area contributed by atoms with Gasteiger partial charge in [0, 0.05) is 7.05 Å². The number of rotatable bonds is 5. The summed E-state index contributed by atoms with van der Waals surface area (Å²) in [6.07, 6.45) is 1.58. The van der Waals surface area contributed by atoms with Crippen molar-refractivity contribution < 1.29 is 9.21 Å². The van der Waals surface area contributed by atoms with Crippen LogP contribution >= 0.6 is 23.1 Å². The Hall–Kier alpha value is -2.20. The van der Waals surface area contributed by atoms with Gasteiger partial charge in [0.15, 0.2) is 16.7 Å². The lowest BCUT2D eigenvalue weighted by Gasteiger charge is -2.02. The molecule has 1 amide bonds. The molecule has 3 aromatic heterocycles. The second-order valence-electron chi connectivity index (χ2n) is 4.31. The smallest absolute Gasteiger partial charge is 0.236 e. The van der Waals surface area contributed by atoms with Crippen LogP contribution in [-0.2, 0) is 11.8 Å². The highest BCUT2D eigenvalue weighted by Crippen LogP contribution is 2.23. The monoisotopic (exact) mass is 336 g/mol. The van der Waals surface area contributed by atoms with E-state index in [4.69, 9.17) is 4.42 Å². The third kappa shape index (κ3) is 3.17. The van der Waals surface area contributed by atoms with E-state index < -0.39 is 0 Å². The number of furan rings is 1. The Kier molecular flexibility index (Phi) is 4.20. The molecule has 0 aliphatic carbocycles. The second-order valence-corrected chi connectivity index (χ2v) is 6.43. The van der Waals surface area contributed by atoms with Crippen molar-refractivity contribution in [2.24, 2.45) is 7.05 Å². The maximum absolute atomic E-state index is 11.9. The fourth-order valence-electron chi connectivity index (χ4n) is 1.69. The van der Waals surface area contributed by atoms with Crippen LogP contribution < -0.4 is 5.32 Å². The number of carbonyl (C=O) groups is 1. The molecule has 114 valence electrons. The average Bonchev–Trinajstić information content (AvgIpc) is 3.19. The summed E-state index contributed by atoms with van der Waals surface area (Å²) in [5, 5.41) is 20.5. The summed E-state index contributed by atoms with van der Waals surface area (Å²) in [5.41, 5.74) is 0. The number of nitrogens with zero attached hydrogens (tertiary/aromatic N) is 5. The standard InChI is InChI=1S/C12H12N6O2S2/c1-7-14-16-11(22-7)13-9(19)6-21-12-17-15-10(18(12)2)8-4-3-5-20-8/h3-5H,6H2,1-2H3,(H,13,16,19). The van der Waals surface area contributed by atoms with Crippen molar-refractivity contribution in [2.75, 3.05) is 11.1 Å². The molecule has 0 fully saturated rings. The van der Waals surface area contributed by atoms with E-state index in [1.54, 1.807) is 16.9 Å². The first-order valence-electron chi connectivity index (χ1n) is 6.29.